The molecule has 0 aliphatic carbocycles. The third-order valence-corrected chi connectivity index (χ3v) is 3.64. The van der Waals surface area contributed by atoms with Crippen molar-refractivity contribution >= 4 is 33.4 Å². The second-order valence-corrected chi connectivity index (χ2v) is 5.72. The van der Waals surface area contributed by atoms with E-state index in [1.165, 1.54) is 12.1 Å². The van der Waals surface area contributed by atoms with E-state index in [2.05, 4.69) is 21.2 Å². The minimum Gasteiger partial charge on any atom is -0.345 e. The number of halogens is 3. The minimum absolute atomic E-state index is 0.0141. The summed E-state index contributed by atoms with van der Waals surface area (Å²) in [4.78, 5) is 12.1. The standard InChI is InChI=1S/C15H12BrClFNO/c1-9(10-2-5-12(17)6-3-10)19-15(20)13-8-11(16)4-7-14(13)18/h2-9H,1H3,(H,19,20). The quantitative estimate of drug-likeness (QED) is 0.846. The smallest absolute Gasteiger partial charge is 0.254 e. The molecule has 0 heterocycles. The molecule has 0 saturated carbocycles. The predicted octanol–water partition coefficient (Wildman–Crippen LogP) is 4.73. The molecule has 0 aliphatic rings. The minimum atomic E-state index is -0.547. The van der Waals surface area contributed by atoms with E-state index in [1.54, 1.807) is 18.2 Å². The van der Waals surface area contributed by atoms with Crippen molar-refractivity contribution in [3.63, 3.8) is 0 Å². The van der Waals surface area contributed by atoms with E-state index in [9.17, 15) is 9.18 Å². The van der Waals surface area contributed by atoms with Crippen molar-refractivity contribution in [2.45, 2.75) is 13.0 Å². The van der Waals surface area contributed by atoms with Gasteiger partial charge in [-0.3, -0.25) is 4.79 Å². The van der Waals surface area contributed by atoms with Gasteiger partial charge in [0, 0.05) is 9.50 Å². The monoisotopic (exact) mass is 355 g/mol. The Bertz CT molecular complexity index is 630. The van der Waals surface area contributed by atoms with Crippen LogP contribution < -0.4 is 5.32 Å². The number of carbonyl (C=O) groups is 1. The Kier molecular flexibility index (Phi) is 4.78. The van der Waals surface area contributed by atoms with Crippen molar-refractivity contribution in [3.8, 4) is 0 Å². The zero-order chi connectivity index (χ0) is 14.7. The molecule has 0 aliphatic heterocycles. The SMILES string of the molecule is CC(NC(=O)c1cc(Br)ccc1F)c1ccc(Cl)cc1. The first-order valence-corrected chi connectivity index (χ1v) is 7.16. The number of amides is 1. The maximum Gasteiger partial charge on any atom is 0.254 e. The summed E-state index contributed by atoms with van der Waals surface area (Å²) in [6, 6.07) is 11.2. The first kappa shape index (κ1) is 15.0. The molecule has 104 valence electrons. The lowest BCUT2D eigenvalue weighted by Crippen LogP contribution is -2.27. The van der Waals surface area contributed by atoms with Crippen LogP contribution in [0.25, 0.3) is 0 Å². The molecule has 1 amide bonds. The Hall–Kier alpha value is -1.39. The highest BCUT2D eigenvalue weighted by atomic mass is 79.9. The van der Waals surface area contributed by atoms with Gasteiger partial charge in [0.2, 0.25) is 0 Å². The van der Waals surface area contributed by atoms with Crippen molar-refractivity contribution < 1.29 is 9.18 Å². The van der Waals surface area contributed by atoms with Crippen molar-refractivity contribution in [3.05, 3.63) is 68.9 Å². The van der Waals surface area contributed by atoms with Gasteiger partial charge in [0.1, 0.15) is 5.82 Å². The molecule has 5 heteroatoms. The summed E-state index contributed by atoms with van der Waals surface area (Å²) in [6.07, 6.45) is 0. The van der Waals surface area contributed by atoms with Gasteiger partial charge in [-0.25, -0.2) is 4.39 Å². The van der Waals surface area contributed by atoms with Crippen LogP contribution in [0.1, 0.15) is 28.9 Å². The maximum absolute atomic E-state index is 13.6. The van der Waals surface area contributed by atoms with E-state index in [1.807, 2.05) is 19.1 Å². The number of nitrogens with one attached hydrogen (secondary N) is 1. The Morgan fingerprint density at radius 2 is 1.90 bits per heavy atom. The molecule has 0 aromatic heterocycles. The summed E-state index contributed by atoms with van der Waals surface area (Å²) in [6.45, 7) is 1.83. The molecule has 0 bridgehead atoms. The number of hydrogen-bond donors (Lipinski definition) is 1. The number of benzene rings is 2. The molecule has 0 spiro atoms. The van der Waals surface area contributed by atoms with Gasteiger partial charge >= 0.3 is 0 Å². The molecule has 2 nitrogen and oxygen atoms in total. The topological polar surface area (TPSA) is 29.1 Å². The van der Waals surface area contributed by atoms with Crippen LogP contribution in [0.4, 0.5) is 4.39 Å². The molecule has 0 radical (unpaired) electrons. The van der Waals surface area contributed by atoms with Crippen LogP contribution in [0.3, 0.4) is 0 Å². The van der Waals surface area contributed by atoms with Crippen molar-refractivity contribution in [1.29, 1.82) is 0 Å². The van der Waals surface area contributed by atoms with Crippen LogP contribution >= 0.6 is 27.5 Å². The summed E-state index contributed by atoms with van der Waals surface area (Å²) in [5, 5.41) is 3.39. The lowest BCUT2D eigenvalue weighted by Gasteiger charge is -2.15. The van der Waals surface area contributed by atoms with Gasteiger partial charge in [0.15, 0.2) is 0 Å². The molecule has 1 N–H and O–H groups in total. The predicted molar refractivity (Wildman–Crippen MR) is 81.4 cm³/mol. The van der Waals surface area contributed by atoms with Gasteiger partial charge in [-0.2, -0.15) is 0 Å². The third-order valence-electron chi connectivity index (χ3n) is 2.89. The molecule has 2 rings (SSSR count). The van der Waals surface area contributed by atoms with Gasteiger partial charge in [-0.15, -0.1) is 0 Å². The van der Waals surface area contributed by atoms with E-state index in [0.29, 0.717) is 9.50 Å². The van der Waals surface area contributed by atoms with E-state index in [-0.39, 0.29) is 11.6 Å². The Morgan fingerprint density at radius 3 is 2.55 bits per heavy atom. The first-order chi connectivity index (χ1) is 9.47. The van der Waals surface area contributed by atoms with Gasteiger partial charge < -0.3 is 5.32 Å². The molecule has 0 saturated heterocycles. The second-order valence-electron chi connectivity index (χ2n) is 4.37. The summed E-state index contributed by atoms with van der Waals surface area (Å²) >= 11 is 9.04. The summed E-state index contributed by atoms with van der Waals surface area (Å²) < 4.78 is 14.3. The molecule has 1 atom stereocenters. The van der Waals surface area contributed by atoms with Gasteiger partial charge in [-0.1, -0.05) is 39.7 Å². The Morgan fingerprint density at radius 1 is 1.25 bits per heavy atom. The summed E-state index contributed by atoms with van der Waals surface area (Å²) in [5.74, 6) is -1.000. The average molecular weight is 357 g/mol. The first-order valence-electron chi connectivity index (χ1n) is 5.99. The summed E-state index contributed by atoms with van der Waals surface area (Å²) in [5.41, 5.74) is 0.915. The van der Waals surface area contributed by atoms with E-state index in [0.717, 1.165) is 5.56 Å². The van der Waals surface area contributed by atoms with Gasteiger partial charge in [0.05, 0.1) is 11.6 Å². The highest BCUT2D eigenvalue weighted by Gasteiger charge is 2.15. The fraction of sp³-hybridized carbons (Fsp3) is 0.133. The third kappa shape index (κ3) is 3.58. The number of rotatable bonds is 3. The fourth-order valence-corrected chi connectivity index (χ4v) is 2.27. The van der Waals surface area contributed by atoms with Crippen LogP contribution in [0.2, 0.25) is 5.02 Å². The normalized spacial score (nSPS) is 12.0. The fourth-order valence-electron chi connectivity index (χ4n) is 1.78. The molecule has 0 fully saturated rings. The Balaban J connectivity index is 2.15. The molecule has 1 unspecified atom stereocenters. The molecule has 20 heavy (non-hydrogen) atoms. The zero-order valence-electron chi connectivity index (χ0n) is 10.7. The maximum atomic E-state index is 13.6. The highest BCUT2D eigenvalue weighted by Crippen LogP contribution is 2.19. The van der Waals surface area contributed by atoms with Crippen LogP contribution in [0.5, 0.6) is 0 Å². The van der Waals surface area contributed by atoms with Crippen LogP contribution in [-0.4, -0.2) is 5.91 Å². The van der Waals surface area contributed by atoms with Crippen molar-refractivity contribution in [1.82, 2.24) is 5.32 Å². The highest BCUT2D eigenvalue weighted by molar-refractivity contribution is 9.10. The van der Waals surface area contributed by atoms with E-state index in [4.69, 9.17) is 11.6 Å². The van der Waals surface area contributed by atoms with Crippen molar-refractivity contribution in [2.75, 3.05) is 0 Å². The van der Waals surface area contributed by atoms with Crippen molar-refractivity contribution in [2.24, 2.45) is 0 Å². The van der Waals surface area contributed by atoms with Crippen LogP contribution in [0, 0.1) is 5.82 Å². The lowest BCUT2D eigenvalue weighted by atomic mass is 10.1. The largest absolute Gasteiger partial charge is 0.345 e. The summed E-state index contributed by atoms with van der Waals surface area (Å²) in [7, 11) is 0. The van der Waals surface area contributed by atoms with Crippen LogP contribution in [-0.2, 0) is 0 Å². The molecular weight excluding hydrogens is 345 g/mol. The molecular formula is C15H12BrClFNO. The molecule has 2 aromatic carbocycles. The second kappa shape index (κ2) is 6.37. The van der Waals surface area contributed by atoms with Gasteiger partial charge in [0.25, 0.3) is 5.91 Å². The van der Waals surface area contributed by atoms with Crippen LogP contribution in [0.15, 0.2) is 46.9 Å². The number of hydrogen-bond acceptors (Lipinski definition) is 1. The molecule has 2 aromatic rings. The lowest BCUT2D eigenvalue weighted by molar-refractivity contribution is 0.0935. The average Bonchev–Trinajstić information content (AvgIpc) is 2.42. The number of carbonyl (C=O) groups excluding carboxylic acids is 1. The Labute approximate surface area is 130 Å². The zero-order valence-corrected chi connectivity index (χ0v) is 13.0. The van der Waals surface area contributed by atoms with E-state index < -0.39 is 11.7 Å². The van der Waals surface area contributed by atoms with Gasteiger partial charge in [-0.05, 0) is 42.8 Å². The van der Waals surface area contributed by atoms with E-state index >= 15 is 0 Å².